The minimum Gasteiger partial charge on any atom is -0.329 e. The smallest absolute Gasteiger partial charge is 0.254 e. The zero-order valence-corrected chi connectivity index (χ0v) is 15.5. The summed E-state index contributed by atoms with van der Waals surface area (Å²) in [5, 5.41) is 4.23. The van der Waals surface area contributed by atoms with E-state index in [1.807, 2.05) is 64.3 Å². The van der Waals surface area contributed by atoms with Gasteiger partial charge in [-0.3, -0.25) is 9.48 Å². The van der Waals surface area contributed by atoms with Crippen LogP contribution in [0.3, 0.4) is 0 Å². The fraction of sp³-hybridized carbons (Fsp3) is 0.273. The third-order valence-electron chi connectivity index (χ3n) is 5.13. The summed E-state index contributed by atoms with van der Waals surface area (Å²) < 4.78 is 1.88. The minimum atomic E-state index is 0.0844. The van der Waals surface area contributed by atoms with Gasteiger partial charge in [0.2, 0.25) is 0 Å². The van der Waals surface area contributed by atoms with Gasteiger partial charge in [-0.1, -0.05) is 42.5 Å². The summed E-state index contributed by atoms with van der Waals surface area (Å²) in [5.74, 6) is 0.0996. The molecule has 1 aromatic heterocycles. The molecule has 1 unspecified atom stereocenters. The molecule has 0 saturated carbocycles. The van der Waals surface area contributed by atoms with Gasteiger partial charge in [0.1, 0.15) is 0 Å². The fourth-order valence-electron chi connectivity index (χ4n) is 3.62. The number of hydrogen-bond acceptors (Lipinski definition) is 3. The fourth-order valence-corrected chi connectivity index (χ4v) is 3.62. The highest BCUT2D eigenvalue weighted by atomic mass is 16.2. The van der Waals surface area contributed by atoms with E-state index in [1.165, 1.54) is 5.56 Å². The Bertz CT molecular complexity index is 874. The number of amides is 1. The van der Waals surface area contributed by atoms with Gasteiger partial charge < -0.3 is 9.80 Å². The summed E-state index contributed by atoms with van der Waals surface area (Å²) in [7, 11) is 2.11. The van der Waals surface area contributed by atoms with E-state index in [1.54, 1.807) is 6.20 Å². The molecule has 138 valence electrons. The van der Waals surface area contributed by atoms with Crippen LogP contribution in [0.2, 0.25) is 0 Å². The summed E-state index contributed by atoms with van der Waals surface area (Å²) in [5.41, 5.74) is 3.06. The van der Waals surface area contributed by atoms with Crippen LogP contribution in [0.1, 0.15) is 27.5 Å². The minimum absolute atomic E-state index is 0.0844. The van der Waals surface area contributed by atoms with E-state index in [-0.39, 0.29) is 11.9 Å². The Balaban J connectivity index is 1.53. The van der Waals surface area contributed by atoms with Crippen LogP contribution in [-0.4, -0.2) is 52.2 Å². The molecule has 0 spiro atoms. The molecule has 5 nitrogen and oxygen atoms in total. The molecule has 2 heterocycles. The predicted molar refractivity (Wildman–Crippen MR) is 105 cm³/mol. The van der Waals surface area contributed by atoms with E-state index in [0.29, 0.717) is 6.54 Å². The highest BCUT2D eigenvalue weighted by Gasteiger charge is 2.30. The molecule has 1 saturated heterocycles. The molecular formula is C22H24N4O. The normalized spacial score (nSPS) is 17.8. The predicted octanol–water partition coefficient (Wildman–Crippen LogP) is 3.06. The van der Waals surface area contributed by atoms with E-state index < -0.39 is 0 Å². The van der Waals surface area contributed by atoms with E-state index in [0.717, 1.165) is 30.8 Å². The first-order chi connectivity index (χ1) is 13.2. The standard InChI is InChI=1S/C22H24N4O/c1-24-14-15-26(21(17-24)19-6-3-2-4-7-19)22(27)20-10-8-18(9-11-20)16-25-13-5-12-23-25/h2-13,21H,14-17H2,1H3. The number of likely N-dealkylation sites (N-methyl/N-ethyl adjacent to an activating group) is 1. The van der Waals surface area contributed by atoms with Crippen molar-refractivity contribution in [2.75, 3.05) is 26.7 Å². The second-order valence-corrected chi connectivity index (χ2v) is 7.09. The van der Waals surface area contributed by atoms with E-state index >= 15 is 0 Å². The van der Waals surface area contributed by atoms with Gasteiger partial charge in [-0.05, 0) is 36.4 Å². The van der Waals surface area contributed by atoms with E-state index in [2.05, 4.69) is 29.2 Å². The van der Waals surface area contributed by atoms with Gasteiger partial charge in [0.05, 0.1) is 12.6 Å². The topological polar surface area (TPSA) is 41.4 Å². The second-order valence-electron chi connectivity index (χ2n) is 7.09. The van der Waals surface area contributed by atoms with Gasteiger partial charge in [0.25, 0.3) is 5.91 Å². The van der Waals surface area contributed by atoms with Crippen LogP contribution in [0.25, 0.3) is 0 Å². The van der Waals surface area contributed by atoms with Crippen molar-refractivity contribution in [3.8, 4) is 0 Å². The van der Waals surface area contributed by atoms with Crippen molar-refractivity contribution in [2.45, 2.75) is 12.6 Å². The van der Waals surface area contributed by atoms with Crippen LogP contribution in [0.15, 0.2) is 73.1 Å². The van der Waals surface area contributed by atoms with Crippen LogP contribution >= 0.6 is 0 Å². The van der Waals surface area contributed by atoms with Crippen molar-refractivity contribution >= 4 is 5.91 Å². The molecule has 27 heavy (non-hydrogen) atoms. The average Bonchev–Trinajstić information content (AvgIpc) is 3.22. The summed E-state index contributed by atoms with van der Waals surface area (Å²) in [4.78, 5) is 17.5. The Morgan fingerprint density at radius 1 is 1.04 bits per heavy atom. The number of carbonyl (C=O) groups excluding carboxylic acids is 1. The first kappa shape index (κ1) is 17.5. The molecule has 0 aliphatic carbocycles. The van der Waals surface area contributed by atoms with Crippen LogP contribution in [-0.2, 0) is 6.54 Å². The zero-order valence-electron chi connectivity index (χ0n) is 15.5. The molecule has 2 aromatic carbocycles. The van der Waals surface area contributed by atoms with Gasteiger partial charge in [0, 0.05) is 37.6 Å². The van der Waals surface area contributed by atoms with Gasteiger partial charge in [0.15, 0.2) is 0 Å². The number of benzene rings is 2. The quantitative estimate of drug-likeness (QED) is 0.718. The lowest BCUT2D eigenvalue weighted by Crippen LogP contribution is -2.49. The molecule has 0 bridgehead atoms. The lowest BCUT2D eigenvalue weighted by atomic mass is 10.0. The molecule has 1 amide bonds. The Morgan fingerprint density at radius 2 is 1.81 bits per heavy atom. The van der Waals surface area contributed by atoms with E-state index in [4.69, 9.17) is 0 Å². The molecule has 0 N–H and O–H groups in total. The van der Waals surface area contributed by atoms with E-state index in [9.17, 15) is 4.79 Å². The first-order valence-electron chi connectivity index (χ1n) is 9.31. The molecule has 4 rings (SSSR count). The van der Waals surface area contributed by atoms with Crippen molar-refractivity contribution in [3.05, 3.63) is 89.7 Å². The monoisotopic (exact) mass is 360 g/mol. The number of carbonyl (C=O) groups is 1. The zero-order chi connectivity index (χ0) is 18.6. The van der Waals surface area contributed by atoms with Gasteiger partial charge in [-0.25, -0.2) is 0 Å². The third-order valence-corrected chi connectivity index (χ3v) is 5.13. The van der Waals surface area contributed by atoms with Crippen LogP contribution in [0, 0.1) is 0 Å². The van der Waals surface area contributed by atoms with Gasteiger partial charge in [-0.2, -0.15) is 5.10 Å². The molecule has 3 aromatic rings. The average molecular weight is 360 g/mol. The summed E-state index contributed by atoms with van der Waals surface area (Å²) in [6.45, 7) is 3.20. The SMILES string of the molecule is CN1CCN(C(=O)c2ccc(Cn3cccn3)cc2)C(c2ccccc2)C1. The second kappa shape index (κ2) is 7.76. The van der Waals surface area contributed by atoms with Crippen LogP contribution in [0.5, 0.6) is 0 Å². The molecule has 1 aliphatic heterocycles. The molecule has 1 fully saturated rings. The lowest BCUT2D eigenvalue weighted by Gasteiger charge is -2.40. The van der Waals surface area contributed by atoms with Crippen molar-refractivity contribution in [3.63, 3.8) is 0 Å². The summed E-state index contributed by atoms with van der Waals surface area (Å²) in [6.07, 6.45) is 3.71. The van der Waals surface area contributed by atoms with Crippen molar-refractivity contribution < 1.29 is 4.79 Å². The molecule has 1 atom stereocenters. The van der Waals surface area contributed by atoms with Gasteiger partial charge in [-0.15, -0.1) is 0 Å². The number of aromatic nitrogens is 2. The lowest BCUT2D eigenvalue weighted by molar-refractivity contribution is 0.0498. The number of piperazine rings is 1. The highest BCUT2D eigenvalue weighted by molar-refractivity contribution is 5.94. The maximum absolute atomic E-state index is 13.2. The Kier molecular flexibility index (Phi) is 5.03. The highest BCUT2D eigenvalue weighted by Crippen LogP contribution is 2.26. The van der Waals surface area contributed by atoms with Crippen molar-refractivity contribution in [1.29, 1.82) is 0 Å². The van der Waals surface area contributed by atoms with Gasteiger partial charge >= 0.3 is 0 Å². The molecule has 0 radical (unpaired) electrons. The Labute approximate surface area is 159 Å². The number of hydrogen-bond donors (Lipinski definition) is 0. The van der Waals surface area contributed by atoms with Crippen LogP contribution in [0.4, 0.5) is 0 Å². The van der Waals surface area contributed by atoms with Crippen LogP contribution < -0.4 is 0 Å². The maximum atomic E-state index is 13.2. The number of rotatable bonds is 4. The first-order valence-corrected chi connectivity index (χ1v) is 9.31. The molecular weight excluding hydrogens is 336 g/mol. The maximum Gasteiger partial charge on any atom is 0.254 e. The number of nitrogens with zero attached hydrogens (tertiary/aromatic N) is 4. The van der Waals surface area contributed by atoms with Crippen molar-refractivity contribution in [1.82, 2.24) is 19.6 Å². The summed E-state index contributed by atoms with van der Waals surface area (Å²) in [6, 6.07) is 20.2. The Hall–Kier alpha value is -2.92. The molecule has 1 aliphatic rings. The largest absolute Gasteiger partial charge is 0.329 e. The van der Waals surface area contributed by atoms with Crippen molar-refractivity contribution in [2.24, 2.45) is 0 Å². The Morgan fingerprint density at radius 3 is 2.52 bits per heavy atom. The molecule has 5 heteroatoms. The summed E-state index contributed by atoms with van der Waals surface area (Å²) >= 11 is 0. The third kappa shape index (κ3) is 3.93.